The summed E-state index contributed by atoms with van der Waals surface area (Å²) in [6.07, 6.45) is 1.75. The molecule has 0 fully saturated rings. The number of benzene rings is 2. The van der Waals surface area contributed by atoms with Gasteiger partial charge in [0.05, 0.1) is 0 Å². The summed E-state index contributed by atoms with van der Waals surface area (Å²) in [6, 6.07) is 21.5. The van der Waals surface area contributed by atoms with Crippen LogP contribution in [0, 0.1) is 0 Å². The fourth-order valence-corrected chi connectivity index (χ4v) is 2.66. The molecule has 132 valence electrons. The van der Waals surface area contributed by atoms with E-state index >= 15 is 0 Å². The predicted octanol–water partition coefficient (Wildman–Crippen LogP) is 3.95. The van der Waals surface area contributed by atoms with Crippen LogP contribution in [0.4, 0.5) is 11.5 Å². The first-order chi connectivity index (χ1) is 12.8. The van der Waals surface area contributed by atoms with Crippen LogP contribution in [0.2, 0.25) is 0 Å². The lowest BCUT2D eigenvalue weighted by Crippen LogP contribution is -2.16. The van der Waals surface area contributed by atoms with Gasteiger partial charge in [-0.15, -0.1) is 10.2 Å². The molecule has 0 saturated heterocycles. The highest BCUT2D eigenvalue weighted by Gasteiger charge is 2.10. The molecule has 0 aliphatic carbocycles. The van der Waals surface area contributed by atoms with Crippen molar-refractivity contribution >= 4 is 17.4 Å². The van der Waals surface area contributed by atoms with Crippen LogP contribution in [0.25, 0.3) is 0 Å². The fourth-order valence-electron chi connectivity index (χ4n) is 2.66. The van der Waals surface area contributed by atoms with Gasteiger partial charge in [-0.25, -0.2) is 0 Å². The third-order valence-corrected chi connectivity index (χ3v) is 4.11. The highest BCUT2D eigenvalue weighted by Crippen LogP contribution is 2.16. The van der Waals surface area contributed by atoms with Crippen molar-refractivity contribution in [3.05, 3.63) is 83.6 Å². The molecular weight excluding hydrogens is 324 g/mol. The number of rotatable bonds is 7. The van der Waals surface area contributed by atoms with Gasteiger partial charge in [-0.3, -0.25) is 4.79 Å². The number of anilines is 2. The summed E-state index contributed by atoms with van der Waals surface area (Å²) in [5, 5.41) is 14.2. The van der Waals surface area contributed by atoms with Crippen LogP contribution in [0.1, 0.15) is 28.5 Å². The van der Waals surface area contributed by atoms with Gasteiger partial charge in [-0.1, -0.05) is 55.5 Å². The normalized spacial score (nSPS) is 10.3. The molecule has 5 nitrogen and oxygen atoms in total. The molecular formula is C21H22N4O. The van der Waals surface area contributed by atoms with E-state index in [-0.39, 0.29) is 5.91 Å². The first-order valence-corrected chi connectivity index (χ1v) is 8.77. The van der Waals surface area contributed by atoms with Crippen LogP contribution < -0.4 is 10.6 Å². The Bertz CT molecular complexity index is 847. The number of hydrogen-bond donors (Lipinski definition) is 2. The SMILES string of the molecule is CCc1ccccc1NC(=O)c1ccc(NCCc2ccccc2)nn1. The third-order valence-electron chi connectivity index (χ3n) is 4.11. The monoisotopic (exact) mass is 346 g/mol. The molecule has 2 aromatic carbocycles. The quantitative estimate of drug-likeness (QED) is 0.680. The van der Waals surface area contributed by atoms with Gasteiger partial charge in [0.1, 0.15) is 5.82 Å². The smallest absolute Gasteiger partial charge is 0.276 e. The molecule has 0 aliphatic heterocycles. The van der Waals surface area contributed by atoms with Gasteiger partial charge in [0.15, 0.2) is 5.69 Å². The Morgan fingerprint density at radius 3 is 2.42 bits per heavy atom. The highest BCUT2D eigenvalue weighted by molar-refractivity contribution is 6.03. The maximum Gasteiger partial charge on any atom is 0.276 e. The molecule has 1 heterocycles. The van der Waals surface area contributed by atoms with E-state index in [4.69, 9.17) is 0 Å². The average Bonchev–Trinajstić information content (AvgIpc) is 2.70. The maximum absolute atomic E-state index is 12.4. The standard InChI is InChI=1S/C21H22N4O/c1-2-17-10-6-7-11-18(17)23-21(26)19-12-13-20(25-24-19)22-15-14-16-8-4-3-5-9-16/h3-13H,2,14-15H2,1H3,(H,22,25)(H,23,26). The van der Waals surface area contributed by atoms with Crippen molar-refractivity contribution in [1.29, 1.82) is 0 Å². The summed E-state index contributed by atoms with van der Waals surface area (Å²) < 4.78 is 0. The number of hydrogen-bond acceptors (Lipinski definition) is 4. The second-order valence-electron chi connectivity index (χ2n) is 5.93. The van der Waals surface area contributed by atoms with E-state index < -0.39 is 0 Å². The third kappa shape index (κ3) is 4.66. The molecule has 0 radical (unpaired) electrons. The van der Waals surface area contributed by atoms with Crippen LogP contribution in [-0.2, 0) is 12.8 Å². The van der Waals surface area contributed by atoms with E-state index in [1.807, 2.05) is 42.5 Å². The molecule has 2 N–H and O–H groups in total. The maximum atomic E-state index is 12.4. The topological polar surface area (TPSA) is 66.9 Å². The summed E-state index contributed by atoms with van der Waals surface area (Å²) in [5.41, 5.74) is 3.46. The Morgan fingerprint density at radius 1 is 0.923 bits per heavy atom. The molecule has 3 aromatic rings. The van der Waals surface area contributed by atoms with Gasteiger partial charge in [0.25, 0.3) is 5.91 Å². The molecule has 0 aliphatic rings. The van der Waals surface area contributed by atoms with Gasteiger partial charge in [0.2, 0.25) is 0 Å². The van der Waals surface area contributed by atoms with Gasteiger partial charge in [-0.05, 0) is 42.2 Å². The molecule has 3 rings (SSSR count). The molecule has 0 spiro atoms. The van der Waals surface area contributed by atoms with Crippen molar-refractivity contribution in [3.63, 3.8) is 0 Å². The number of nitrogens with one attached hydrogen (secondary N) is 2. The minimum Gasteiger partial charge on any atom is -0.368 e. The summed E-state index contributed by atoms with van der Waals surface area (Å²) in [5.74, 6) is 0.403. The van der Waals surface area contributed by atoms with Crippen molar-refractivity contribution in [1.82, 2.24) is 10.2 Å². The number of aromatic nitrogens is 2. The minimum absolute atomic E-state index is 0.255. The molecule has 0 bridgehead atoms. The minimum atomic E-state index is -0.255. The summed E-state index contributed by atoms with van der Waals surface area (Å²) in [4.78, 5) is 12.4. The molecule has 26 heavy (non-hydrogen) atoms. The van der Waals surface area contributed by atoms with Crippen molar-refractivity contribution in [3.8, 4) is 0 Å². The summed E-state index contributed by atoms with van der Waals surface area (Å²) >= 11 is 0. The van der Waals surface area contributed by atoms with E-state index in [9.17, 15) is 4.79 Å². The van der Waals surface area contributed by atoms with Crippen molar-refractivity contribution < 1.29 is 4.79 Å². The van der Waals surface area contributed by atoms with Crippen LogP contribution in [-0.4, -0.2) is 22.6 Å². The summed E-state index contributed by atoms with van der Waals surface area (Å²) in [7, 11) is 0. The van der Waals surface area contributed by atoms with Gasteiger partial charge in [-0.2, -0.15) is 0 Å². The number of carbonyl (C=O) groups is 1. The number of amides is 1. The molecule has 1 aromatic heterocycles. The van der Waals surface area contributed by atoms with Crippen LogP contribution in [0.3, 0.4) is 0 Å². The van der Waals surface area contributed by atoms with Crippen molar-refractivity contribution in [2.75, 3.05) is 17.2 Å². The lowest BCUT2D eigenvalue weighted by Gasteiger charge is -2.09. The van der Waals surface area contributed by atoms with E-state index in [2.05, 4.69) is 39.9 Å². The zero-order chi connectivity index (χ0) is 18.2. The average molecular weight is 346 g/mol. The first kappa shape index (κ1) is 17.6. The molecule has 1 amide bonds. The molecule has 0 unspecified atom stereocenters. The number of aryl methyl sites for hydroxylation is 1. The highest BCUT2D eigenvalue weighted by atomic mass is 16.1. The number of nitrogens with zero attached hydrogens (tertiary/aromatic N) is 2. The second kappa shape index (κ2) is 8.76. The Kier molecular flexibility index (Phi) is 5.93. The van der Waals surface area contributed by atoms with Gasteiger partial charge < -0.3 is 10.6 Å². The Morgan fingerprint density at radius 2 is 1.69 bits per heavy atom. The number of para-hydroxylation sites is 1. The zero-order valence-corrected chi connectivity index (χ0v) is 14.8. The zero-order valence-electron chi connectivity index (χ0n) is 14.8. The lowest BCUT2D eigenvalue weighted by molar-refractivity contribution is 0.102. The summed E-state index contributed by atoms with van der Waals surface area (Å²) in [6.45, 7) is 2.81. The predicted molar refractivity (Wildman–Crippen MR) is 104 cm³/mol. The Hall–Kier alpha value is -3.21. The largest absolute Gasteiger partial charge is 0.368 e. The molecule has 0 saturated carbocycles. The van der Waals surface area contributed by atoms with E-state index in [0.29, 0.717) is 11.5 Å². The van der Waals surface area contributed by atoms with Crippen molar-refractivity contribution in [2.45, 2.75) is 19.8 Å². The fraction of sp³-hybridized carbons (Fsp3) is 0.190. The second-order valence-corrected chi connectivity index (χ2v) is 5.93. The van der Waals surface area contributed by atoms with E-state index in [1.165, 1.54) is 5.56 Å². The van der Waals surface area contributed by atoms with Crippen LogP contribution in [0.5, 0.6) is 0 Å². The molecule has 5 heteroatoms. The van der Waals surface area contributed by atoms with Gasteiger partial charge >= 0.3 is 0 Å². The lowest BCUT2D eigenvalue weighted by atomic mass is 10.1. The Balaban J connectivity index is 1.56. The van der Waals surface area contributed by atoms with Gasteiger partial charge in [0, 0.05) is 12.2 Å². The first-order valence-electron chi connectivity index (χ1n) is 8.77. The van der Waals surface area contributed by atoms with Crippen molar-refractivity contribution in [2.24, 2.45) is 0 Å². The number of carbonyl (C=O) groups excluding carboxylic acids is 1. The Labute approximate surface area is 153 Å². The van der Waals surface area contributed by atoms with Crippen LogP contribution in [0.15, 0.2) is 66.7 Å². The van der Waals surface area contributed by atoms with E-state index in [1.54, 1.807) is 12.1 Å². The molecule has 0 atom stereocenters. The van der Waals surface area contributed by atoms with Crippen LogP contribution >= 0.6 is 0 Å². The van der Waals surface area contributed by atoms with E-state index in [0.717, 1.165) is 30.6 Å².